The molecule has 0 amide bonds. The Morgan fingerprint density at radius 2 is 1.65 bits per heavy atom. The van der Waals surface area contributed by atoms with E-state index in [4.69, 9.17) is 16.3 Å². The van der Waals surface area contributed by atoms with Gasteiger partial charge in [-0.15, -0.1) is 5.56 Å². The van der Waals surface area contributed by atoms with Gasteiger partial charge in [-0.25, -0.2) is 0 Å². The summed E-state index contributed by atoms with van der Waals surface area (Å²) in [6, 6.07) is 16.8. The molecule has 3 heteroatoms. The second kappa shape index (κ2) is 11.7. The van der Waals surface area contributed by atoms with Crippen LogP contribution in [0.25, 0.3) is 11.1 Å². The van der Waals surface area contributed by atoms with Gasteiger partial charge in [0.1, 0.15) is 5.75 Å². The number of rotatable bonds is 9. The smallest absolute Gasteiger partial charge is 0.120 e. The Bertz CT molecular complexity index is 557. The molecular formula is C20H24ClOZn-. The van der Waals surface area contributed by atoms with Gasteiger partial charge in [-0.05, 0) is 24.1 Å². The Morgan fingerprint density at radius 3 is 2.35 bits per heavy atom. The van der Waals surface area contributed by atoms with Crippen molar-refractivity contribution in [2.75, 3.05) is 6.61 Å². The van der Waals surface area contributed by atoms with Crippen LogP contribution in [0, 0.1) is 6.07 Å². The van der Waals surface area contributed by atoms with Crippen LogP contribution >= 0.6 is 11.6 Å². The quantitative estimate of drug-likeness (QED) is 0.272. The van der Waals surface area contributed by atoms with Gasteiger partial charge >= 0.3 is 0 Å². The summed E-state index contributed by atoms with van der Waals surface area (Å²) < 4.78 is 5.79. The third-order valence-corrected chi connectivity index (χ3v) is 4.05. The zero-order valence-corrected chi connectivity index (χ0v) is 17.7. The molecule has 0 aliphatic rings. The SMILES string of the molecule is CCCCCCCCOc1ccc(-c2cc[c-]cc2)c(Cl)c1.[Zn]. The van der Waals surface area contributed by atoms with Crippen LogP contribution in [-0.2, 0) is 19.5 Å². The van der Waals surface area contributed by atoms with Crippen LogP contribution in [0.1, 0.15) is 45.4 Å². The molecule has 2 aromatic rings. The van der Waals surface area contributed by atoms with E-state index < -0.39 is 0 Å². The van der Waals surface area contributed by atoms with Crippen molar-refractivity contribution in [1.29, 1.82) is 0 Å². The normalized spacial score (nSPS) is 10.2. The second-order valence-electron chi connectivity index (χ2n) is 5.55. The number of benzene rings is 2. The fourth-order valence-electron chi connectivity index (χ4n) is 2.46. The van der Waals surface area contributed by atoms with Crippen LogP contribution in [-0.4, -0.2) is 6.61 Å². The van der Waals surface area contributed by atoms with Gasteiger partial charge < -0.3 is 4.74 Å². The summed E-state index contributed by atoms with van der Waals surface area (Å²) in [6.07, 6.45) is 7.63. The molecule has 0 aromatic heterocycles. The monoisotopic (exact) mass is 379 g/mol. The summed E-state index contributed by atoms with van der Waals surface area (Å²) in [7, 11) is 0. The van der Waals surface area contributed by atoms with E-state index in [1.165, 1.54) is 32.1 Å². The van der Waals surface area contributed by atoms with Crippen LogP contribution in [0.4, 0.5) is 0 Å². The van der Waals surface area contributed by atoms with E-state index in [-0.39, 0.29) is 19.5 Å². The maximum atomic E-state index is 6.37. The van der Waals surface area contributed by atoms with Gasteiger partial charge in [-0.2, -0.15) is 30.3 Å². The fraction of sp³-hybridized carbons (Fsp3) is 0.400. The van der Waals surface area contributed by atoms with Crippen LogP contribution in [0.2, 0.25) is 5.02 Å². The molecule has 2 aromatic carbocycles. The summed E-state index contributed by atoms with van der Waals surface area (Å²) >= 11 is 6.37. The van der Waals surface area contributed by atoms with E-state index in [1.54, 1.807) is 0 Å². The molecule has 1 nitrogen and oxygen atoms in total. The zero-order chi connectivity index (χ0) is 15.6. The van der Waals surface area contributed by atoms with Gasteiger partial charge in [0.2, 0.25) is 0 Å². The predicted octanol–water partition coefficient (Wildman–Crippen LogP) is 6.54. The number of ether oxygens (including phenoxy) is 1. The van der Waals surface area contributed by atoms with Crippen molar-refractivity contribution in [2.45, 2.75) is 45.4 Å². The van der Waals surface area contributed by atoms with Crippen LogP contribution < -0.4 is 4.74 Å². The number of hydrogen-bond donors (Lipinski definition) is 0. The molecule has 0 radical (unpaired) electrons. The van der Waals surface area contributed by atoms with Crippen molar-refractivity contribution in [3.63, 3.8) is 0 Å². The van der Waals surface area contributed by atoms with E-state index in [0.29, 0.717) is 0 Å². The van der Waals surface area contributed by atoms with Gasteiger partial charge in [0.15, 0.2) is 0 Å². The van der Waals surface area contributed by atoms with Crippen molar-refractivity contribution in [3.05, 3.63) is 53.6 Å². The van der Waals surface area contributed by atoms with Gasteiger partial charge in [0.05, 0.1) is 6.61 Å². The molecule has 23 heavy (non-hydrogen) atoms. The number of unbranched alkanes of at least 4 members (excludes halogenated alkanes) is 5. The van der Waals surface area contributed by atoms with Crippen LogP contribution in [0.15, 0.2) is 42.5 Å². The molecule has 2 rings (SSSR count). The molecule has 0 saturated heterocycles. The van der Waals surface area contributed by atoms with E-state index in [9.17, 15) is 0 Å². The Labute approximate surface area is 158 Å². The Balaban J connectivity index is 0.00000264. The fourth-order valence-corrected chi connectivity index (χ4v) is 2.74. The molecule has 0 spiro atoms. The number of hydrogen-bond acceptors (Lipinski definition) is 1. The Kier molecular flexibility index (Phi) is 10.2. The van der Waals surface area contributed by atoms with Gasteiger partial charge in [-0.1, -0.05) is 56.7 Å². The first kappa shape index (κ1) is 20.2. The first-order valence-electron chi connectivity index (χ1n) is 8.20. The molecular weight excluding hydrogens is 357 g/mol. The Morgan fingerprint density at radius 1 is 0.957 bits per heavy atom. The molecule has 120 valence electrons. The average molecular weight is 381 g/mol. The van der Waals surface area contributed by atoms with Crippen molar-refractivity contribution in [2.24, 2.45) is 0 Å². The topological polar surface area (TPSA) is 9.23 Å². The molecule has 0 fully saturated rings. The molecule has 0 aliphatic heterocycles. The standard InChI is InChI=1S/C20H24ClO.Zn/c1-2-3-4-5-6-10-15-22-18-13-14-19(20(21)16-18)17-11-8-7-9-12-17;/h8-9,11-14,16H,2-6,10,15H2,1H3;/q-1;. The molecule has 0 N–H and O–H groups in total. The number of halogens is 1. The minimum absolute atomic E-state index is 0. The third-order valence-electron chi connectivity index (χ3n) is 3.74. The van der Waals surface area contributed by atoms with E-state index in [2.05, 4.69) is 13.0 Å². The van der Waals surface area contributed by atoms with E-state index in [1.807, 2.05) is 42.5 Å². The van der Waals surface area contributed by atoms with Crippen LogP contribution in [0.5, 0.6) is 5.75 Å². The van der Waals surface area contributed by atoms with Crippen molar-refractivity contribution in [1.82, 2.24) is 0 Å². The molecule has 0 atom stereocenters. The Hall–Kier alpha value is -0.847. The largest absolute Gasteiger partial charge is 0.494 e. The second-order valence-corrected chi connectivity index (χ2v) is 5.95. The van der Waals surface area contributed by atoms with Gasteiger partial charge in [0, 0.05) is 24.5 Å². The maximum Gasteiger partial charge on any atom is 0.120 e. The summed E-state index contributed by atoms with van der Waals surface area (Å²) in [5.41, 5.74) is 2.13. The minimum Gasteiger partial charge on any atom is -0.494 e. The molecule has 0 bridgehead atoms. The zero-order valence-electron chi connectivity index (χ0n) is 14.0. The van der Waals surface area contributed by atoms with Crippen molar-refractivity contribution < 1.29 is 24.2 Å². The third kappa shape index (κ3) is 7.06. The van der Waals surface area contributed by atoms with Crippen molar-refractivity contribution >= 4 is 11.6 Å². The van der Waals surface area contributed by atoms with Gasteiger partial charge in [0.25, 0.3) is 0 Å². The van der Waals surface area contributed by atoms with Crippen molar-refractivity contribution in [3.8, 4) is 16.9 Å². The summed E-state index contributed by atoms with van der Waals surface area (Å²) in [5.74, 6) is 0.852. The molecule has 0 aliphatic carbocycles. The summed E-state index contributed by atoms with van der Waals surface area (Å²) in [4.78, 5) is 0. The average Bonchev–Trinajstić information content (AvgIpc) is 2.55. The molecule has 0 unspecified atom stereocenters. The van der Waals surface area contributed by atoms with E-state index >= 15 is 0 Å². The maximum absolute atomic E-state index is 6.37. The van der Waals surface area contributed by atoms with E-state index in [0.717, 1.165) is 34.9 Å². The summed E-state index contributed by atoms with van der Waals surface area (Å²) in [5, 5.41) is 0.728. The molecule has 0 saturated carbocycles. The first-order chi connectivity index (χ1) is 10.8. The first-order valence-corrected chi connectivity index (χ1v) is 8.58. The van der Waals surface area contributed by atoms with Gasteiger partial charge in [-0.3, -0.25) is 0 Å². The predicted molar refractivity (Wildman–Crippen MR) is 94.6 cm³/mol. The van der Waals surface area contributed by atoms with Crippen LogP contribution in [0.3, 0.4) is 0 Å². The summed E-state index contributed by atoms with van der Waals surface area (Å²) in [6.45, 7) is 3.01. The molecule has 0 heterocycles. The minimum atomic E-state index is 0.